The van der Waals surface area contributed by atoms with Gasteiger partial charge in [-0.2, -0.15) is 0 Å². The van der Waals surface area contributed by atoms with Gasteiger partial charge in [-0.15, -0.1) is 0 Å². The van der Waals surface area contributed by atoms with Crippen molar-refractivity contribution in [1.82, 2.24) is 10.2 Å². The Labute approximate surface area is 131 Å². The lowest BCUT2D eigenvalue weighted by Crippen LogP contribution is -2.40. The van der Waals surface area contributed by atoms with Gasteiger partial charge in [-0.25, -0.2) is 0 Å². The molecule has 1 N–H and O–H groups in total. The molecule has 0 radical (unpaired) electrons. The largest absolute Gasteiger partial charge is 0.496 e. The van der Waals surface area contributed by atoms with Crippen molar-refractivity contribution in [3.05, 3.63) is 28.3 Å². The summed E-state index contributed by atoms with van der Waals surface area (Å²) >= 11 is 6.05. The first-order chi connectivity index (χ1) is 10.1. The molecule has 1 aromatic rings. The van der Waals surface area contributed by atoms with Gasteiger partial charge in [0.25, 0.3) is 5.91 Å². The maximum absolute atomic E-state index is 12.4. The van der Waals surface area contributed by atoms with Gasteiger partial charge in [-0.3, -0.25) is 9.69 Å². The van der Waals surface area contributed by atoms with Crippen LogP contribution < -0.4 is 10.1 Å². The zero-order chi connectivity index (χ0) is 15.4. The number of amides is 1. The van der Waals surface area contributed by atoms with E-state index in [0.717, 1.165) is 25.1 Å². The highest BCUT2D eigenvalue weighted by Crippen LogP contribution is 2.27. The molecule has 1 unspecified atom stereocenters. The monoisotopic (exact) mass is 310 g/mol. The molecular formula is C16H23ClN2O2. The summed E-state index contributed by atoms with van der Waals surface area (Å²) in [5, 5.41) is 3.57. The summed E-state index contributed by atoms with van der Waals surface area (Å²) in [6, 6.07) is 3.90. The van der Waals surface area contributed by atoms with Gasteiger partial charge in [-0.1, -0.05) is 18.5 Å². The van der Waals surface area contributed by atoms with E-state index in [1.165, 1.54) is 6.42 Å². The van der Waals surface area contributed by atoms with Crippen molar-refractivity contribution in [3.63, 3.8) is 0 Å². The van der Waals surface area contributed by atoms with Gasteiger partial charge in [0, 0.05) is 17.6 Å². The van der Waals surface area contributed by atoms with Crippen LogP contribution in [0.25, 0.3) is 0 Å². The second-order valence-electron chi connectivity index (χ2n) is 5.44. The first kappa shape index (κ1) is 16.1. The number of likely N-dealkylation sites (tertiary alicyclic amines) is 1. The second-order valence-corrected chi connectivity index (χ2v) is 5.87. The third kappa shape index (κ3) is 3.69. The van der Waals surface area contributed by atoms with Crippen LogP contribution in [0.4, 0.5) is 0 Å². The molecule has 4 nitrogen and oxygen atoms in total. The van der Waals surface area contributed by atoms with Crippen molar-refractivity contribution in [2.45, 2.75) is 32.7 Å². The summed E-state index contributed by atoms with van der Waals surface area (Å²) in [5.74, 6) is 0.469. The predicted molar refractivity (Wildman–Crippen MR) is 85.3 cm³/mol. The number of carbonyl (C=O) groups is 1. The van der Waals surface area contributed by atoms with Crippen LogP contribution in [-0.4, -0.2) is 43.6 Å². The molecule has 2 rings (SSSR count). The van der Waals surface area contributed by atoms with Crippen LogP contribution in [0.5, 0.6) is 5.75 Å². The predicted octanol–water partition coefficient (Wildman–Crippen LogP) is 2.87. The number of ether oxygens (including phenoxy) is 1. The van der Waals surface area contributed by atoms with Gasteiger partial charge < -0.3 is 10.1 Å². The smallest absolute Gasteiger partial charge is 0.255 e. The van der Waals surface area contributed by atoms with E-state index in [0.29, 0.717) is 28.9 Å². The average molecular weight is 311 g/mol. The Morgan fingerprint density at radius 1 is 1.52 bits per heavy atom. The van der Waals surface area contributed by atoms with Crippen molar-refractivity contribution in [2.24, 2.45) is 0 Å². The Morgan fingerprint density at radius 2 is 2.29 bits per heavy atom. The molecule has 21 heavy (non-hydrogen) atoms. The fourth-order valence-electron chi connectivity index (χ4n) is 3.02. The van der Waals surface area contributed by atoms with Gasteiger partial charge >= 0.3 is 0 Å². The molecule has 1 heterocycles. The average Bonchev–Trinajstić information content (AvgIpc) is 2.91. The molecular weight excluding hydrogens is 288 g/mol. The number of likely N-dealkylation sites (N-methyl/N-ethyl adjacent to an activating group) is 1. The lowest BCUT2D eigenvalue weighted by atomic mass is 10.1. The highest BCUT2D eigenvalue weighted by Gasteiger charge is 2.24. The lowest BCUT2D eigenvalue weighted by Gasteiger charge is -2.23. The molecule has 1 amide bonds. The molecule has 0 saturated carbocycles. The van der Waals surface area contributed by atoms with E-state index in [2.05, 4.69) is 17.1 Å². The summed E-state index contributed by atoms with van der Waals surface area (Å²) in [5.41, 5.74) is 1.37. The minimum atomic E-state index is -0.125. The Balaban J connectivity index is 2.07. The Morgan fingerprint density at radius 3 is 2.95 bits per heavy atom. The number of methoxy groups -OCH3 is 1. The van der Waals surface area contributed by atoms with E-state index in [1.54, 1.807) is 19.2 Å². The lowest BCUT2D eigenvalue weighted by molar-refractivity contribution is 0.0938. The number of benzene rings is 1. The second kappa shape index (κ2) is 7.14. The van der Waals surface area contributed by atoms with Crippen LogP contribution in [0.1, 0.15) is 35.7 Å². The van der Waals surface area contributed by atoms with E-state index < -0.39 is 0 Å². The third-order valence-corrected chi connectivity index (χ3v) is 4.31. The molecule has 1 fully saturated rings. The van der Waals surface area contributed by atoms with Crippen molar-refractivity contribution < 1.29 is 9.53 Å². The molecule has 1 atom stereocenters. The molecule has 0 aliphatic carbocycles. The van der Waals surface area contributed by atoms with E-state index in [1.807, 2.05) is 6.92 Å². The maximum atomic E-state index is 12.4. The number of hydrogen-bond acceptors (Lipinski definition) is 3. The summed E-state index contributed by atoms with van der Waals surface area (Å²) in [6.45, 7) is 6.86. The van der Waals surface area contributed by atoms with Crippen LogP contribution >= 0.6 is 11.6 Å². The first-order valence-corrected chi connectivity index (χ1v) is 7.81. The molecule has 1 aliphatic rings. The topological polar surface area (TPSA) is 41.6 Å². The standard InChI is InChI=1S/C16H23ClN2O2/c1-4-19-7-5-6-13(19)10-18-16(20)14-9-12(17)8-11(2)15(14)21-3/h8-9,13H,4-7,10H2,1-3H3,(H,18,20). The summed E-state index contributed by atoms with van der Waals surface area (Å²) in [7, 11) is 1.57. The molecule has 1 aliphatic heterocycles. The van der Waals surface area contributed by atoms with Gasteiger partial charge in [0.05, 0.1) is 12.7 Å². The fraction of sp³-hybridized carbons (Fsp3) is 0.562. The van der Waals surface area contributed by atoms with Crippen LogP contribution in [0, 0.1) is 6.92 Å². The molecule has 116 valence electrons. The summed E-state index contributed by atoms with van der Waals surface area (Å²) in [4.78, 5) is 14.8. The Kier molecular flexibility index (Phi) is 5.48. The zero-order valence-electron chi connectivity index (χ0n) is 12.9. The van der Waals surface area contributed by atoms with E-state index >= 15 is 0 Å². The molecule has 0 bridgehead atoms. The quantitative estimate of drug-likeness (QED) is 0.909. The van der Waals surface area contributed by atoms with Crippen LogP contribution in [-0.2, 0) is 0 Å². The number of carbonyl (C=O) groups excluding carboxylic acids is 1. The van der Waals surface area contributed by atoms with E-state index in [4.69, 9.17) is 16.3 Å². The summed E-state index contributed by atoms with van der Waals surface area (Å²) in [6.07, 6.45) is 2.34. The van der Waals surface area contributed by atoms with Crippen molar-refractivity contribution in [3.8, 4) is 5.75 Å². The van der Waals surface area contributed by atoms with Crippen LogP contribution in [0.15, 0.2) is 12.1 Å². The number of hydrogen-bond donors (Lipinski definition) is 1. The summed E-state index contributed by atoms with van der Waals surface area (Å²) < 4.78 is 5.34. The number of rotatable bonds is 5. The maximum Gasteiger partial charge on any atom is 0.255 e. The normalized spacial score (nSPS) is 18.8. The van der Waals surface area contributed by atoms with E-state index in [-0.39, 0.29) is 5.91 Å². The number of halogens is 1. The van der Waals surface area contributed by atoms with Crippen LogP contribution in [0.3, 0.4) is 0 Å². The molecule has 1 aromatic carbocycles. The highest BCUT2D eigenvalue weighted by molar-refractivity contribution is 6.31. The third-order valence-electron chi connectivity index (χ3n) is 4.09. The van der Waals surface area contributed by atoms with Crippen molar-refractivity contribution in [1.29, 1.82) is 0 Å². The number of nitrogens with one attached hydrogen (secondary N) is 1. The molecule has 5 heteroatoms. The van der Waals surface area contributed by atoms with Gasteiger partial charge in [-0.05, 0) is 50.6 Å². The Hall–Kier alpha value is -1.26. The van der Waals surface area contributed by atoms with Crippen molar-refractivity contribution >= 4 is 17.5 Å². The van der Waals surface area contributed by atoms with Gasteiger partial charge in [0.1, 0.15) is 5.75 Å². The first-order valence-electron chi connectivity index (χ1n) is 7.43. The highest BCUT2D eigenvalue weighted by atomic mass is 35.5. The fourth-order valence-corrected chi connectivity index (χ4v) is 3.29. The van der Waals surface area contributed by atoms with Gasteiger partial charge in [0.2, 0.25) is 0 Å². The minimum Gasteiger partial charge on any atom is -0.496 e. The molecule has 1 saturated heterocycles. The number of aryl methyl sites for hydroxylation is 1. The molecule has 0 spiro atoms. The SMILES string of the molecule is CCN1CCCC1CNC(=O)c1cc(Cl)cc(C)c1OC. The Bertz CT molecular complexity index is 519. The van der Waals surface area contributed by atoms with Crippen molar-refractivity contribution in [2.75, 3.05) is 26.7 Å². The van der Waals surface area contributed by atoms with Crippen LogP contribution in [0.2, 0.25) is 5.02 Å². The molecule has 0 aromatic heterocycles. The van der Waals surface area contributed by atoms with E-state index in [9.17, 15) is 4.79 Å². The zero-order valence-corrected chi connectivity index (χ0v) is 13.7. The van der Waals surface area contributed by atoms with Gasteiger partial charge in [0.15, 0.2) is 0 Å². The number of nitrogens with zero attached hydrogens (tertiary/aromatic N) is 1. The minimum absolute atomic E-state index is 0.125.